The molecule has 0 unspecified atom stereocenters. The monoisotopic (exact) mass is 210 g/mol. The number of nitrogens with one attached hydrogen (secondary N) is 1. The molecular weight excluding hydrogens is 188 g/mol. The fourth-order valence-corrected chi connectivity index (χ4v) is 1.76. The van der Waals surface area contributed by atoms with Crippen molar-refractivity contribution in [2.75, 3.05) is 45.9 Å². The fraction of sp³-hybridized carbons (Fsp3) is 0.833. The summed E-state index contributed by atoms with van der Waals surface area (Å²) in [5.74, 6) is 3.40. The van der Waals surface area contributed by atoms with E-state index in [0.717, 1.165) is 25.6 Å². The molecule has 0 radical (unpaired) electrons. The molecule has 0 amide bonds. The van der Waals surface area contributed by atoms with Gasteiger partial charge in [0.15, 0.2) is 0 Å². The van der Waals surface area contributed by atoms with Crippen LogP contribution in [0.2, 0.25) is 0 Å². The SMILES string of the molecule is C#CCOCCNCCN1CC(CC)C1. The summed E-state index contributed by atoms with van der Waals surface area (Å²) in [4.78, 5) is 2.49. The lowest BCUT2D eigenvalue weighted by molar-refractivity contribution is 0.0975. The summed E-state index contributed by atoms with van der Waals surface area (Å²) in [6.45, 7) is 9.07. The zero-order chi connectivity index (χ0) is 10.9. The van der Waals surface area contributed by atoms with Gasteiger partial charge in [0.2, 0.25) is 0 Å². The highest BCUT2D eigenvalue weighted by molar-refractivity contribution is 4.82. The van der Waals surface area contributed by atoms with Crippen molar-refractivity contribution in [1.29, 1.82) is 0 Å². The smallest absolute Gasteiger partial charge is 0.107 e. The maximum atomic E-state index is 5.15. The Balaban J connectivity index is 1.77. The molecule has 3 heteroatoms. The van der Waals surface area contributed by atoms with Gasteiger partial charge in [-0.1, -0.05) is 19.3 Å². The minimum atomic E-state index is 0.423. The van der Waals surface area contributed by atoms with Gasteiger partial charge in [0.25, 0.3) is 0 Å². The molecule has 15 heavy (non-hydrogen) atoms. The zero-order valence-corrected chi connectivity index (χ0v) is 9.67. The van der Waals surface area contributed by atoms with E-state index in [1.165, 1.54) is 19.5 Å². The summed E-state index contributed by atoms with van der Waals surface area (Å²) in [5, 5.41) is 3.34. The Morgan fingerprint density at radius 2 is 2.27 bits per heavy atom. The Hall–Kier alpha value is -0.560. The van der Waals surface area contributed by atoms with E-state index in [4.69, 9.17) is 11.2 Å². The van der Waals surface area contributed by atoms with Gasteiger partial charge in [-0.15, -0.1) is 6.42 Å². The van der Waals surface area contributed by atoms with E-state index in [0.29, 0.717) is 13.2 Å². The minimum Gasteiger partial charge on any atom is -0.367 e. The first-order chi connectivity index (χ1) is 7.36. The molecule has 1 fully saturated rings. The van der Waals surface area contributed by atoms with Crippen molar-refractivity contribution in [1.82, 2.24) is 10.2 Å². The molecule has 0 aromatic rings. The predicted octanol–water partition coefficient (Wildman–Crippen LogP) is 0.568. The highest BCUT2D eigenvalue weighted by atomic mass is 16.5. The highest BCUT2D eigenvalue weighted by Crippen LogP contribution is 2.16. The predicted molar refractivity (Wildman–Crippen MR) is 62.7 cm³/mol. The van der Waals surface area contributed by atoms with Crippen molar-refractivity contribution < 1.29 is 4.74 Å². The molecule has 0 aliphatic carbocycles. The van der Waals surface area contributed by atoms with Crippen LogP contribution >= 0.6 is 0 Å². The molecule has 1 aliphatic heterocycles. The summed E-state index contributed by atoms with van der Waals surface area (Å²) in [6, 6.07) is 0. The lowest BCUT2D eigenvalue weighted by Crippen LogP contribution is -2.48. The maximum absolute atomic E-state index is 5.15. The van der Waals surface area contributed by atoms with Crippen molar-refractivity contribution in [3.8, 4) is 12.3 Å². The van der Waals surface area contributed by atoms with Gasteiger partial charge >= 0.3 is 0 Å². The lowest BCUT2D eigenvalue weighted by atomic mass is 9.98. The van der Waals surface area contributed by atoms with Crippen LogP contribution in [0.25, 0.3) is 0 Å². The van der Waals surface area contributed by atoms with Gasteiger partial charge in [0.05, 0.1) is 6.61 Å². The molecule has 3 nitrogen and oxygen atoms in total. The van der Waals surface area contributed by atoms with E-state index in [2.05, 4.69) is 23.1 Å². The topological polar surface area (TPSA) is 24.5 Å². The minimum absolute atomic E-state index is 0.423. The first kappa shape index (κ1) is 12.5. The van der Waals surface area contributed by atoms with Crippen molar-refractivity contribution in [3.63, 3.8) is 0 Å². The molecule has 1 rings (SSSR count). The molecule has 0 atom stereocenters. The van der Waals surface area contributed by atoms with Crippen LogP contribution in [-0.2, 0) is 4.74 Å². The molecule has 1 saturated heterocycles. The maximum Gasteiger partial charge on any atom is 0.107 e. The van der Waals surface area contributed by atoms with Gasteiger partial charge in [0.1, 0.15) is 6.61 Å². The van der Waals surface area contributed by atoms with Crippen LogP contribution < -0.4 is 5.32 Å². The Morgan fingerprint density at radius 3 is 2.93 bits per heavy atom. The molecule has 0 spiro atoms. The first-order valence-electron chi connectivity index (χ1n) is 5.81. The normalized spacial score (nSPS) is 17.3. The molecule has 0 bridgehead atoms. The van der Waals surface area contributed by atoms with Crippen LogP contribution in [-0.4, -0.2) is 50.8 Å². The summed E-state index contributed by atoms with van der Waals surface area (Å²) in [5.41, 5.74) is 0. The van der Waals surface area contributed by atoms with Gasteiger partial charge < -0.3 is 15.0 Å². The summed E-state index contributed by atoms with van der Waals surface area (Å²) < 4.78 is 5.15. The molecule has 1 N–H and O–H groups in total. The largest absolute Gasteiger partial charge is 0.367 e. The third-order valence-corrected chi connectivity index (χ3v) is 2.82. The van der Waals surface area contributed by atoms with E-state index in [1.807, 2.05) is 0 Å². The molecule has 0 aromatic heterocycles. The molecular formula is C12H22N2O. The second-order valence-electron chi connectivity index (χ2n) is 4.04. The van der Waals surface area contributed by atoms with Crippen LogP contribution in [0.1, 0.15) is 13.3 Å². The van der Waals surface area contributed by atoms with Crippen molar-refractivity contribution in [2.45, 2.75) is 13.3 Å². The van der Waals surface area contributed by atoms with Gasteiger partial charge in [-0.3, -0.25) is 0 Å². The molecule has 86 valence electrons. The van der Waals surface area contributed by atoms with Crippen molar-refractivity contribution >= 4 is 0 Å². The van der Waals surface area contributed by atoms with Gasteiger partial charge in [-0.25, -0.2) is 0 Å². The first-order valence-corrected chi connectivity index (χ1v) is 5.81. The van der Waals surface area contributed by atoms with E-state index in [-0.39, 0.29) is 0 Å². The second-order valence-corrected chi connectivity index (χ2v) is 4.04. The number of nitrogens with zero attached hydrogens (tertiary/aromatic N) is 1. The van der Waals surface area contributed by atoms with Crippen LogP contribution in [0.15, 0.2) is 0 Å². The van der Waals surface area contributed by atoms with Crippen LogP contribution in [0.3, 0.4) is 0 Å². The summed E-state index contributed by atoms with van der Waals surface area (Å²) in [7, 11) is 0. The lowest BCUT2D eigenvalue weighted by Gasteiger charge is -2.38. The van der Waals surface area contributed by atoms with E-state index in [9.17, 15) is 0 Å². The van der Waals surface area contributed by atoms with E-state index in [1.54, 1.807) is 0 Å². The van der Waals surface area contributed by atoms with Crippen molar-refractivity contribution in [2.24, 2.45) is 5.92 Å². The Labute approximate surface area is 93.2 Å². The summed E-state index contributed by atoms with van der Waals surface area (Å²) >= 11 is 0. The van der Waals surface area contributed by atoms with Crippen LogP contribution in [0.5, 0.6) is 0 Å². The molecule has 1 heterocycles. The van der Waals surface area contributed by atoms with Gasteiger partial charge in [0, 0.05) is 32.7 Å². The second kappa shape index (κ2) is 7.70. The quantitative estimate of drug-likeness (QED) is 0.468. The van der Waals surface area contributed by atoms with Gasteiger partial charge in [-0.2, -0.15) is 0 Å². The number of rotatable bonds is 8. The van der Waals surface area contributed by atoms with Crippen LogP contribution in [0.4, 0.5) is 0 Å². The van der Waals surface area contributed by atoms with Gasteiger partial charge in [-0.05, 0) is 5.92 Å². The summed E-state index contributed by atoms with van der Waals surface area (Å²) in [6.07, 6.45) is 6.38. The fourth-order valence-electron chi connectivity index (χ4n) is 1.76. The van der Waals surface area contributed by atoms with Crippen molar-refractivity contribution in [3.05, 3.63) is 0 Å². The molecule has 0 aromatic carbocycles. The number of terminal acetylenes is 1. The highest BCUT2D eigenvalue weighted by Gasteiger charge is 2.23. The zero-order valence-electron chi connectivity index (χ0n) is 9.67. The number of hydrogen-bond acceptors (Lipinski definition) is 3. The Morgan fingerprint density at radius 1 is 1.47 bits per heavy atom. The average Bonchev–Trinajstić information content (AvgIpc) is 2.19. The van der Waals surface area contributed by atoms with E-state index < -0.39 is 0 Å². The third-order valence-electron chi connectivity index (χ3n) is 2.82. The molecule has 0 saturated carbocycles. The standard InChI is InChI=1S/C12H22N2O/c1-3-8-15-9-6-13-5-7-14-10-12(4-2)11-14/h1,12-13H,4-11H2,2H3. The number of hydrogen-bond donors (Lipinski definition) is 1. The average molecular weight is 210 g/mol. The molecule has 1 aliphatic rings. The van der Waals surface area contributed by atoms with E-state index >= 15 is 0 Å². The van der Waals surface area contributed by atoms with Crippen LogP contribution in [0, 0.1) is 18.3 Å². The number of ether oxygens (including phenoxy) is 1. The number of likely N-dealkylation sites (tertiary alicyclic amines) is 1. The third kappa shape index (κ3) is 5.17. The Kier molecular flexibility index (Phi) is 6.42. The Bertz CT molecular complexity index is 194.